The minimum Gasteiger partial charge on any atom is -0.351 e. The van der Waals surface area contributed by atoms with E-state index in [-0.39, 0.29) is 32.1 Å². The number of hydrogen-bond acceptors (Lipinski definition) is 4. The molecule has 0 aromatic heterocycles. The highest BCUT2D eigenvalue weighted by molar-refractivity contribution is 7.89. The first-order valence-electron chi connectivity index (χ1n) is 12.0. The number of halogens is 1. The molecule has 0 aliphatic carbocycles. The molecule has 0 radical (unpaired) electrons. The molecule has 1 atom stereocenters. The molecule has 0 bridgehead atoms. The number of nitrogens with one attached hydrogen (secondary N) is 1. The second-order valence-electron chi connectivity index (χ2n) is 9.23. The molecule has 2 aromatic carbocycles. The third kappa shape index (κ3) is 6.27. The normalized spacial score (nSPS) is 17.0. The Morgan fingerprint density at radius 2 is 1.74 bits per heavy atom. The van der Waals surface area contributed by atoms with Crippen LogP contribution in [0.5, 0.6) is 0 Å². The van der Waals surface area contributed by atoms with Crippen LogP contribution in [0.2, 0.25) is 0 Å². The van der Waals surface area contributed by atoms with E-state index in [1.54, 1.807) is 6.07 Å². The van der Waals surface area contributed by atoms with Gasteiger partial charge in [-0.05, 0) is 41.2 Å². The number of rotatable bonds is 8. The number of aryl methyl sites for hydroxylation is 1. The molecule has 0 unspecified atom stereocenters. The fraction of sp³-hybridized carbons (Fsp3) is 0.462. The number of sulfonamides is 1. The lowest BCUT2D eigenvalue weighted by molar-refractivity contribution is -0.134. The maximum Gasteiger partial charge on any atom is 0.246 e. The quantitative estimate of drug-likeness (QED) is 0.598. The van der Waals surface area contributed by atoms with Crippen molar-refractivity contribution in [1.82, 2.24) is 14.5 Å². The lowest BCUT2D eigenvalue weighted by Gasteiger charge is -2.39. The lowest BCUT2D eigenvalue weighted by atomic mass is 10.0. The summed E-state index contributed by atoms with van der Waals surface area (Å²) in [5.41, 5.74) is 2.76. The van der Waals surface area contributed by atoms with Gasteiger partial charge in [0.05, 0.1) is 0 Å². The highest BCUT2D eigenvalue weighted by Gasteiger charge is 2.41. The number of nitrogens with zero attached hydrogens (tertiary/aromatic N) is 2. The summed E-state index contributed by atoms with van der Waals surface area (Å²) in [7, 11) is -4.31. The van der Waals surface area contributed by atoms with Gasteiger partial charge in [0.1, 0.15) is 16.8 Å². The van der Waals surface area contributed by atoms with E-state index in [4.69, 9.17) is 0 Å². The first-order chi connectivity index (χ1) is 16.5. The fourth-order valence-corrected chi connectivity index (χ4v) is 5.82. The van der Waals surface area contributed by atoms with Crippen molar-refractivity contribution in [2.24, 2.45) is 0 Å². The van der Waals surface area contributed by atoms with Crippen LogP contribution in [0, 0.1) is 5.82 Å². The van der Waals surface area contributed by atoms with Crippen LogP contribution in [0.1, 0.15) is 56.7 Å². The van der Waals surface area contributed by atoms with Gasteiger partial charge in [0.15, 0.2) is 0 Å². The number of hydrogen-bond donors (Lipinski definition) is 1. The van der Waals surface area contributed by atoms with E-state index < -0.39 is 32.7 Å². The van der Waals surface area contributed by atoms with Gasteiger partial charge in [0.25, 0.3) is 0 Å². The van der Waals surface area contributed by atoms with Gasteiger partial charge in [-0.25, -0.2) is 12.8 Å². The second-order valence-corrected chi connectivity index (χ2v) is 11.1. The number of benzene rings is 2. The maximum atomic E-state index is 14.8. The van der Waals surface area contributed by atoms with Crippen LogP contribution >= 0.6 is 0 Å². The van der Waals surface area contributed by atoms with Crippen molar-refractivity contribution in [3.63, 3.8) is 0 Å². The zero-order chi connectivity index (χ0) is 25.8. The standard InChI is InChI=1S/C26H34FN3O4S/c1-5-6-20-9-12-25(23(27)15-20)35(33,34)30-14-13-29(19(4)31)17-24(30)26(32)28-16-21-7-10-22(11-8-21)18(2)3/h7-12,15,18,24H,5-6,13-14,16-17H2,1-4H3,(H,28,32)/t24-/m1/s1. The van der Waals surface area contributed by atoms with E-state index >= 15 is 0 Å². The molecule has 3 rings (SSSR count). The highest BCUT2D eigenvalue weighted by Crippen LogP contribution is 2.25. The summed E-state index contributed by atoms with van der Waals surface area (Å²) < 4.78 is 42.8. The summed E-state index contributed by atoms with van der Waals surface area (Å²) in [5.74, 6) is -1.24. The number of amides is 2. The van der Waals surface area contributed by atoms with Crippen molar-refractivity contribution in [3.05, 3.63) is 65.0 Å². The molecule has 0 saturated carbocycles. The van der Waals surface area contributed by atoms with E-state index in [1.807, 2.05) is 31.2 Å². The molecular formula is C26H34FN3O4S. The largest absolute Gasteiger partial charge is 0.351 e. The SMILES string of the molecule is CCCc1ccc(S(=O)(=O)N2CCN(C(C)=O)C[C@@H]2C(=O)NCc2ccc(C(C)C)cc2)c(F)c1. The molecule has 0 spiro atoms. The van der Waals surface area contributed by atoms with Crippen LogP contribution in [-0.2, 0) is 32.6 Å². The van der Waals surface area contributed by atoms with Crippen molar-refractivity contribution in [3.8, 4) is 0 Å². The first kappa shape index (κ1) is 26.8. The van der Waals surface area contributed by atoms with E-state index in [0.717, 1.165) is 16.3 Å². The summed E-state index contributed by atoms with van der Waals surface area (Å²) in [6.07, 6.45) is 1.44. The van der Waals surface area contributed by atoms with Crippen LogP contribution < -0.4 is 5.32 Å². The van der Waals surface area contributed by atoms with Crippen LogP contribution in [0.4, 0.5) is 4.39 Å². The van der Waals surface area contributed by atoms with E-state index in [1.165, 1.54) is 29.5 Å². The van der Waals surface area contributed by atoms with Crippen LogP contribution in [0.15, 0.2) is 47.4 Å². The molecule has 1 fully saturated rings. The van der Waals surface area contributed by atoms with Crippen molar-refractivity contribution in [1.29, 1.82) is 0 Å². The summed E-state index contributed by atoms with van der Waals surface area (Å²) in [5, 5.41) is 2.79. The summed E-state index contributed by atoms with van der Waals surface area (Å²) in [6.45, 7) is 7.67. The molecular weight excluding hydrogens is 469 g/mol. The van der Waals surface area contributed by atoms with Crippen molar-refractivity contribution >= 4 is 21.8 Å². The first-order valence-corrected chi connectivity index (χ1v) is 13.4. The topological polar surface area (TPSA) is 86.8 Å². The third-order valence-corrected chi connectivity index (χ3v) is 8.26. The number of carbonyl (C=O) groups is 2. The van der Waals surface area contributed by atoms with Gasteiger partial charge in [0, 0.05) is 33.1 Å². The Kier molecular flexibility index (Phi) is 8.66. The average Bonchev–Trinajstić information content (AvgIpc) is 2.82. The molecule has 190 valence electrons. The van der Waals surface area contributed by atoms with Crippen LogP contribution in [0.3, 0.4) is 0 Å². The number of carbonyl (C=O) groups excluding carboxylic acids is 2. The second kappa shape index (κ2) is 11.3. The monoisotopic (exact) mass is 503 g/mol. The smallest absolute Gasteiger partial charge is 0.246 e. The lowest BCUT2D eigenvalue weighted by Crippen LogP contribution is -2.61. The Morgan fingerprint density at radius 1 is 1.09 bits per heavy atom. The Hall–Kier alpha value is -2.78. The summed E-state index contributed by atoms with van der Waals surface area (Å²) in [6, 6.07) is 10.7. The highest BCUT2D eigenvalue weighted by atomic mass is 32.2. The van der Waals surface area contributed by atoms with Crippen molar-refractivity contribution in [2.45, 2.75) is 63.9 Å². The Labute approximate surface area is 207 Å². The molecule has 9 heteroatoms. The predicted octanol–water partition coefficient (Wildman–Crippen LogP) is 3.44. The molecule has 2 amide bonds. The molecule has 35 heavy (non-hydrogen) atoms. The van der Waals surface area contributed by atoms with Crippen LogP contribution in [-0.4, -0.2) is 55.1 Å². The molecule has 1 N–H and O–H groups in total. The Morgan fingerprint density at radius 3 is 2.31 bits per heavy atom. The molecule has 1 heterocycles. The minimum absolute atomic E-state index is 0.0950. The Bertz CT molecular complexity index is 1170. The fourth-order valence-electron chi connectivity index (χ4n) is 4.21. The van der Waals surface area contributed by atoms with Gasteiger partial charge in [-0.15, -0.1) is 0 Å². The molecule has 1 aliphatic rings. The van der Waals surface area contributed by atoms with E-state index in [9.17, 15) is 22.4 Å². The molecule has 1 aliphatic heterocycles. The predicted molar refractivity (Wildman–Crippen MR) is 133 cm³/mol. The minimum atomic E-state index is -4.31. The van der Waals surface area contributed by atoms with Gasteiger partial charge < -0.3 is 10.2 Å². The molecule has 2 aromatic rings. The molecule has 1 saturated heterocycles. The van der Waals surface area contributed by atoms with Gasteiger partial charge in [-0.2, -0.15) is 4.31 Å². The summed E-state index contributed by atoms with van der Waals surface area (Å²) >= 11 is 0. The molecule has 7 nitrogen and oxygen atoms in total. The van der Waals surface area contributed by atoms with Crippen molar-refractivity contribution in [2.75, 3.05) is 19.6 Å². The average molecular weight is 504 g/mol. The van der Waals surface area contributed by atoms with Gasteiger partial charge >= 0.3 is 0 Å². The van der Waals surface area contributed by atoms with Gasteiger partial charge in [-0.1, -0.05) is 57.5 Å². The zero-order valence-electron chi connectivity index (χ0n) is 20.8. The van der Waals surface area contributed by atoms with Crippen LogP contribution in [0.25, 0.3) is 0 Å². The van der Waals surface area contributed by atoms with E-state index in [2.05, 4.69) is 19.2 Å². The maximum absolute atomic E-state index is 14.8. The van der Waals surface area contributed by atoms with E-state index in [0.29, 0.717) is 17.9 Å². The van der Waals surface area contributed by atoms with Gasteiger partial charge in [-0.3, -0.25) is 9.59 Å². The van der Waals surface area contributed by atoms with Crippen molar-refractivity contribution < 1.29 is 22.4 Å². The number of piperazine rings is 1. The van der Waals surface area contributed by atoms with Gasteiger partial charge in [0.2, 0.25) is 21.8 Å². The Balaban J connectivity index is 1.83. The third-order valence-electron chi connectivity index (χ3n) is 6.31. The zero-order valence-corrected chi connectivity index (χ0v) is 21.6. The summed E-state index contributed by atoms with van der Waals surface area (Å²) in [4.78, 5) is 26.1.